The average molecular weight is 474 g/mol. The second-order valence-corrected chi connectivity index (χ2v) is 10.7. The number of hydrogen-bond donors (Lipinski definition) is 0. The zero-order chi connectivity index (χ0) is 24.1. The number of rotatable bonds is 6. The van der Waals surface area contributed by atoms with Gasteiger partial charge in [-0.1, -0.05) is 36.4 Å². The van der Waals surface area contributed by atoms with Crippen LogP contribution in [0, 0.1) is 5.82 Å². The molecule has 0 unspecified atom stereocenters. The van der Waals surface area contributed by atoms with Gasteiger partial charge < -0.3 is 9.47 Å². The van der Waals surface area contributed by atoms with Crippen molar-refractivity contribution in [3.8, 4) is 11.5 Å². The smallest absolute Gasteiger partial charge is 0.343 e. The first-order chi connectivity index (χ1) is 16.3. The molecule has 5 heteroatoms. The van der Waals surface area contributed by atoms with E-state index in [2.05, 4.69) is 24.3 Å². The van der Waals surface area contributed by atoms with Crippen molar-refractivity contribution in [2.24, 2.45) is 0 Å². The molecule has 172 valence electrons. The van der Waals surface area contributed by atoms with Gasteiger partial charge in [-0.25, -0.2) is 9.18 Å². The monoisotopic (exact) mass is 473 g/mol. The van der Waals surface area contributed by atoms with Crippen LogP contribution in [-0.2, 0) is 10.9 Å². The highest BCUT2D eigenvalue weighted by atomic mass is 32.2. The molecule has 0 aliphatic heterocycles. The van der Waals surface area contributed by atoms with E-state index in [1.807, 2.05) is 69.3 Å². The van der Waals surface area contributed by atoms with E-state index in [0.29, 0.717) is 11.3 Å². The van der Waals surface area contributed by atoms with Crippen molar-refractivity contribution < 1.29 is 18.7 Å². The number of hydrogen-bond acceptors (Lipinski definition) is 3. The summed E-state index contributed by atoms with van der Waals surface area (Å²) in [6, 6.07) is 32.0. The Labute approximate surface area is 202 Å². The lowest BCUT2D eigenvalue weighted by molar-refractivity contribution is 0.0726. The first-order valence-corrected chi connectivity index (χ1v) is 12.2. The average Bonchev–Trinajstić information content (AvgIpc) is 2.82. The highest BCUT2D eigenvalue weighted by molar-refractivity contribution is 7.97. The topological polar surface area (TPSA) is 35.5 Å². The van der Waals surface area contributed by atoms with Gasteiger partial charge >= 0.3 is 5.97 Å². The third kappa shape index (κ3) is 5.86. The lowest BCUT2D eigenvalue weighted by atomic mass is 10.2. The van der Waals surface area contributed by atoms with E-state index in [9.17, 15) is 9.18 Å². The number of carbonyl (C=O) groups is 1. The van der Waals surface area contributed by atoms with Gasteiger partial charge in [0.2, 0.25) is 0 Å². The van der Waals surface area contributed by atoms with E-state index in [-0.39, 0.29) is 16.6 Å². The highest BCUT2D eigenvalue weighted by Crippen LogP contribution is 2.31. The molecule has 0 N–H and O–H groups in total. The van der Waals surface area contributed by atoms with Crippen molar-refractivity contribution in [3.05, 3.63) is 115 Å². The molecule has 3 nitrogen and oxygen atoms in total. The molecule has 0 aromatic heterocycles. The minimum absolute atomic E-state index is 0.136. The number of carbonyl (C=O) groups excluding carboxylic acids is 1. The van der Waals surface area contributed by atoms with E-state index < -0.39 is 17.4 Å². The summed E-state index contributed by atoms with van der Waals surface area (Å²) in [6.07, 6.45) is 0. The van der Waals surface area contributed by atoms with Crippen LogP contribution < -0.4 is 9.47 Å². The van der Waals surface area contributed by atoms with Gasteiger partial charge in [-0.05, 0) is 81.4 Å². The van der Waals surface area contributed by atoms with E-state index in [1.165, 1.54) is 21.9 Å². The van der Waals surface area contributed by atoms with Gasteiger partial charge in [0.15, 0.2) is 26.3 Å². The van der Waals surface area contributed by atoms with Gasteiger partial charge in [0.25, 0.3) is 0 Å². The summed E-state index contributed by atoms with van der Waals surface area (Å²) in [6.45, 7) is 5.63. The maximum atomic E-state index is 14.5. The zero-order valence-electron chi connectivity index (χ0n) is 19.3. The van der Waals surface area contributed by atoms with Crippen LogP contribution >= 0.6 is 0 Å². The SMILES string of the molecule is CC(C)(C)Oc1ccc(OC(=O)c2ccc([S+](c3ccccc3)c3ccccc3)cc2)c(F)c1. The van der Waals surface area contributed by atoms with Gasteiger partial charge in [-0.3, -0.25) is 0 Å². The Morgan fingerprint density at radius 3 is 1.76 bits per heavy atom. The third-order valence-electron chi connectivity index (χ3n) is 4.81. The Kier molecular flexibility index (Phi) is 7.03. The quantitative estimate of drug-likeness (QED) is 0.167. The molecule has 0 spiro atoms. The molecular weight excluding hydrogens is 447 g/mol. The maximum Gasteiger partial charge on any atom is 0.343 e. The van der Waals surface area contributed by atoms with Crippen molar-refractivity contribution in [1.82, 2.24) is 0 Å². The lowest BCUT2D eigenvalue weighted by Gasteiger charge is -2.21. The molecule has 34 heavy (non-hydrogen) atoms. The van der Waals surface area contributed by atoms with E-state index >= 15 is 0 Å². The molecule has 0 radical (unpaired) electrons. The first-order valence-electron chi connectivity index (χ1n) is 11.0. The molecule has 0 fully saturated rings. The molecule has 4 aromatic carbocycles. The van der Waals surface area contributed by atoms with Crippen LogP contribution in [0.15, 0.2) is 118 Å². The van der Waals surface area contributed by atoms with Crippen LogP contribution in [0.2, 0.25) is 0 Å². The molecule has 0 amide bonds. The standard InChI is InChI=1S/C29H26FO3S/c1-29(2,3)33-22-16-19-27(26(30)20-22)32-28(31)21-14-17-25(18-15-21)34(23-10-6-4-7-11-23)24-12-8-5-9-13-24/h4-20H,1-3H3/q+1. The van der Waals surface area contributed by atoms with Crippen molar-refractivity contribution in [3.63, 3.8) is 0 Å². The molecule has 0 bridgehead atoms. The summed E-state index contributed by atoms with van der Waals surface area (Å²) in [4.78, 5) is 16.1. The Morgan fingerprint density at radius 2 is 1.26 bits per heavy atom. The molecule has 0 aliphatic rings. The van der Waals surface area contributed by atoms with Gasteiger partial charge in [0.1, 0.15) is 11.4 Å². The molecule has 0 heterocycles. The second kappa shape index (κ2) is 10.1. The van der Waals surface area contributed by atoms with Crippen LogP contribution in [0.3, 0.4) is 0 Å². The van der Waals surface area contributed by atoms with Crippen LogP contribution in [0.25, 0.3) is 0 Å². The van der Waals surface area contributed by atoms with Crippen LogP contribution in [0.4, 0.5) is 4.39 Å². The summed E-state index contributed by atoms with van der Waals surface area (Å²) in [7, 11) is -0.315. The van der Waals surface area contributed by atoms with Crippen molar-refractivity contribution in [2.75, 3.05) is 0 Å². The fourth-order valence-electron chi connectivity index (χ4n) is 3.39. The van der Waals surface area contributed by atoms with Crippen molar-refractivity contribution in [2.45, 2.75) is 41.1 Å². The van der Waals surface area contributed by atoms with Gasteiger partial charge in [-0.15, -0.1) is 0 Å². The van der Waals surface area contributed by atoms with E-state index in [0.717, 1.165) is 4.90 Å². The zero-order valence-corrected chi connectivity index (χ0v) is 20.1. The first kappa shape index (κ1) is 23.6. The Bertz CT molecular complexity index is 1210. The Balaban J connectivity index is 1.54. The van der Waals surface area contributed by atoms with E-state index in [1.54, 1.807) is 18.2 Å². The fourth-order valence-corrected chi connectivity index (χ4v) is 5.47. The third-order valence-corrected chi connectivity index (χ3v) is 7.04. The normalized spacial score (nSPS) is 11.3. The molecule has 4 aromatic rings. The summed E-state index contributed by atoms with van der Waals surface area (Å²) < 4.78 is 25.5. The summed E-state index contributed by atoms with van der Waals surface area (Å²) >= 11 is 0. The second-order valence-electron chi connectivity index (χ2n) is 8.65. The molecular formula is C29H26FO3S+. The molecule has 0 saturated heterocycles. The summed E-state index contributed by atoms with van der Waals surface area (Å²) in [5, 5.41) is 0. The predicted octanol–water partition coefficient (Wildman–Crippen LogP) is 7.32. The fraction of sp³-hybridized carbons (Fsp3) is 0.138. The van der Waals surface area contributed by atoms with Crippen molar-refractivity contribution in [1.29, 1.82) is 0 Å². The molecule has 0 atom stereocenters. The van der Waals surface area contributed by atoms with Gasteiger partial charge in [0, 0.05) is 6.07 Å². The highest BCUT2D eigenvalue weighted by Gasteiger charge is 2.28. The number of benzene rings is 4. The number of ether oxygens (including phenoxy) is 2. The minimum Gasteiger partial charge on any atom is -0.488 e. The molecule has 0 saturated carbocycles. The molecule has 0 aliphatic carbocycles. The van der Waals surface area contributed by atoms with Crippen LogP contribution in [0.1, 0.15) is 31.1 Å². The lowest BCUT2D eigenvalue weighted by Crippen LogP contribution is -2.23. The Hall–Kier alpha value is -3.57. The largest absolute Gasteiger partial charge is 0.488 e. The van der Waals surface area contributed by atoms with Gasteiger partial charge in [0.05, 0.1) is 16.5 Å². The van der Waals surface area contributed by atoms with Crippen LogP contribution in [0.5, 0.6) is 11.5 Å². The number of halogens is 1. The maximum absolute atomic E-state index is 14.5. The summed E-state index contributed by atoms with van der Waals surface area (Å²) in [5.41, 5.74) is -0.104. The minimum atomic E-state index is -0.651. The Morgan fingerprint density at radius 1 is 0.735 bits per heavy atom. The van der Waals surface area contributed by atoms with Crippen LogP contribution in [-0.4, -0.2) is 11.6 Å². The number of esters is 1. The van der Waals surface area contributed by atoms with Gasteiger partial charge in [-0.2, -0.15) is 0 Å². The van der Waals surface area contributed by atoms with Crippen molar-refractivity contribution >= 4 is 16.9 Å². The summed E-state index contributed by atoms with van der Waals surface area (Å²) in [5.74, 6) is -1.03. The van der Waals surface area contributed by atoms with E-state index in [4.69, 9.17) is 9.47 Å². The predicted molar refractivity (Wildman–Crippen MR) is 133 cm³/mol. The molecule has 4 rings (SSSR count).